The molecule has 0 aliphatic rings. The third-order valence-corrected chi connectivity index (χ3v) is 4.18. The maximum atomic E-state index is 9.08. The van der Waals surface area contributed by atoms with Crippen LogP contribution >= 0.6 is 0 Å². The van der Waals surface area contributed by atoms with E-state index < -0.39 is 0 Å². The molecule has 5 heteroatoms. The van der Waals surface area contributed by atoms with Gasteiger partial charge in [-0.1, -0.05) is 12.1 Å². The van der Waals surface area contributed by atoms with E-state index in [9.17, 15) is 0 Å². The first kappa shape index (κ1) is 16.7. The summed E-state index contributed by atoms with van der Waals surface area (Å²) in [6.07, 6.45) is 5.48. The standard InChI is InChI=1S/C20H20N4O/c1-15(17-4-3-5-19(11-17)24-9-8-22-14-24)23-13-18-10-16(12-21)6-7-20(18)25-2/h3-11,14-15,23H,13H2,1-2H3/t15-/m1/s1. The number of benzene rings is 2. The van der Waals surface area contributed by atoms with Crippen LogP contribution in [-0.2, 0) is 6.54 Å². The Morgan fingerprint density at radius 3 is 2.88 bits per heavy atom. The predicted octanol–water partition coefficient (Wildman–Crippen LogP) is 3.60. The lowest BCUT2D eigenvalue weighted by molar-refractivity contribution is 0.406. The molecule has 1 heterocycles. The molecule has 25 heavy (non-hydrogen) atoms. The number of aromatic nitrogens is 2. The van der Waals surface area contributed by atoms with Crippen molar-refractivity contribution in [3.05, 3.63) is 77.9 Å². The maximum absolute atomic E-state index is 9.08. The van der Waals surface area contributed by atoms with Crippen LogP contribution in [-0.4, -0.2) is 16.7 Å². The third-order valence-electron chi connectivity index (χ3n) is 4.18. The summed E-state index contributed by atoms with van der Waals surface area (Å²) in [4.78, 5) is 4.09. The molecule has 0 bridgehead atoms. The Morgan fingerprint density at radius 1 is 1.28 bits per heavy atom. The van der Waals surface area contributed by atoms with Gasteiger partial charge in [0.1, 0.15) is 5.75 Å². The molecule has 3 rings (SSSR count). The normalized spacial score (nSPS) is 11.7. The van der Waals surface area contributed by atoms with Gasteiger partial charge in [-0.3, -0.25) is 0 Å². The van der Waals surface area contributed by atoms with E-state index in [0.717, 1.165) is 17.0 Å². The van der Waals surface area contributed by atoms with Crippen LogP contribution in [0.4, 0.5) is 0 Å². The third kappa shape index (κ3) is 3.87. The fourth-order valence-corrected chi connectivity index (χ4v) is 2.73. The van der Waals surface area contributed by atoms with Gasteiger partial charge in [-0.15, -0.1) is 0 Å². The molecule has 0 radical (unpaired) electrons. The van der Waals surface area contributed by atoms with Gasteiger partial charge < -0.3 is 14.6 Å². The molecular formula is C20H20N4O. The Labute approximate surface area is 147 Å². The summed E-state index contributed by atoms with van der Waals surface area (Å²) < 4.78 is 7.37. The Balaban J connectivity index is 1.74. The van der Waals surface area contributed by atoms with Gasteiger partial charge in [0.25, 0.3) is 0 Å². The summed E-state index contributed by atoms with van der Waals surface area (Å²) in [5, 5.41) is 12.6. The van der Waals surface area contributed by atoms with Crippen LogP contribution in [0.5, 0.6) is 5.75 Å². The number of hydrogen-bond donors (Lipinski definition) is 1. The van der Waals surface area contributed by atoms with Gasteiger partial charge in [-0.05, 0) is 42.8 Å². The minimum Gasteiger partial charge on any atom is -0.496 e. The van der Waals surface area contributed by atoms with E-state index in [2.05, 4.69) is 41.5 Å². The minimum atomic E-state index is 0.152. The van der Waals surface area contributed by atoms with Crippen molar-refractivity contribution in [3.8, 4) is 17.5 Å². The lowest BCUT2D eigenvalue weighted by Crippen LogP contribution is -2.18. The zero-order valence-corrected chi connectivity index (χ0v) is 14.3. The van der Waals surface area contributed by atoms with Gasteiger partial charge in [0.05, 0.1) is 25.1 Å². The van der Waals surface area contributed by atoms with Gasteiger partial charge in [-0.25, -0.2) is 4.98 Å². The van der Waals surface area contributed by atoms with Crippen molar-refractivity contribution in [1.82, 2.24) is 14.9 Å². The molecule has 0 aliphatic carbocycles. The number of imidazole rings is 1. The number of rotatable bonds is 6. The van der Waals surface area contributed by atoms with Gasteiger partial charge in [0.15, 0.2) is 0 Å². The smallest absolute Gasteiger partial charge is 0.123 e. The highest BCUT2D eigenvalue weighted by molar-refractivity contribution is 5.42. The summed E-state index contributed by atoms with van der Waals surface area (Å²) in [7, 11) is 1.64. The van der Waals surface area contributed by atoms with E-state index in [-0.39, 0.29) is 6.04 Å². The van der Waals surface area contributed by atoms with E-state index in [4.69, 9.17) is 10.00 Å². The summed E-state index contributed by atoms with van der Waals surface area (Å²) >= 11 is 0. The summed E-state index contributed by atoms with van der Waals surface area (Å²) in [6.45, 7) is 2.74. The molecule has 0 saturated heterocycles. The SMILES string of the molecule is COc1ccc(C#N)cc1CN[C@H](C)c1cccc(-n2ccnc2)c1. The lowest BCUT2D eigenvalue weighted by atomic mass is 10.1. The fraction of sp³-hybridized carbons (Fsp3) is 0.200. The lowest BCUT2D eigenvalue weighted by Gasteiger charge is -2.17. The molecule has 0 spiro atoms. The maximum Gasteiger partial charge on any atom is 0.123 e. The van der Waals surface area contributed by atoms with Crippen molar-refractivity contribution in [2.75, 3.05) is 7.11 Å². The average Bonchev–Trinajstić information content (AvgIpc) is 3.20. The second-order valence-corrected chi connectivity index (χ2v) is 5.81. The number of methoxy groups -OCH3 is 1. The predicted molar refractivity (Wildman–Crippen MR) is 96.5 cm³/mol. The van der Waals surface area contributed by atoms with Crippen molar-refractivity contribution in [1.29, 1.82) is 5.26 Å². The van der Waals surface area contributed by atoms with Gasteiger partial charge in [-0.2, -0.15) is 5.26 Å². The van der Waals surface area contributed by atoms with Gasteiger partial charge >= 0.3 is 0 Å². The molecule has 0 amide bonds. The Kier molecular flexibility index (Phi) is 5.12. The highest BCUT2D eigenvalue weighted by Gasteiger charge is 2.09. The van der Waals surface area contributed by atoms with E-state index in [1.54, 1.807) is 25.7 Å². The monoisotopic (exact) mass is 332 g/mol. The Bertz CT molecular complexity index is 881. The van der Waals surface area contributed by atoms with Crippen LogP contribution in [0.3, 0.4) is 0 Å². The molecule has 1 atom stereocenters. The van der Waals surface area contributed by atoms with Crippen molar-refractivity contribution in [3.63, 3.8) is 0 Å². The zero-order valence-electron chi connectivity index (χ0n) is 14.3. The van der Waals surface area contributed by atoms with Crippen LogP contribution in [0.15, 0.2) is 61.2 Å². The molecule has 2 aromatic carbocycles. The minimum absolute atomic E-state index is 0.152. The number of nitriles is 1. The topological polar surface area (TPSA) is 62.9 Å². The van der Waals surface area contributed by atoms with E-state index >= 15 is 0 Å². The average molecular weight is 332 g/mol. The van der Waals surface area contributed by atoms with E-state index in [1.165, 1.54) is 5.56 Å². The first-order chi connectivity index (χ1) is 12.2. The highest BCUT2D eigenvalue weighted by Crippen LogP contribution is 2.22. The van der Waals surface area contributed by atoms with E-state index in [1.807, 2.05) is 29.0 Å². The molecule has 1 N–H and O–H groups in total. The second kappa shape index (κ2) is 7.65. The number of ether oxygens (including phenoxy) is 1. The molecule has 3 aromatic rings. The first-order valence-corrected chi connectivity index (χ1v) is 8.10. The zero-order chi connectivity index (χ0) is 17.6. The van der Waals surface area contributed by atoms with Crippen molar-refractivity contribution in [2.24, 2.45) is 0 Å². The Morgan fingerprint density at radius 2 is 2.16 bits per heavy atom. The summed E-state index contributed by atoms with van der Waals surface area (Å²) in [5.41, 5.74) is 3.86. The van der Waals surface area contributed by atoms with Crippen LogP contribution in [0, 0.1) is 11.3 Å². The molecule has 0 aliphatic heterocycles. The molecule has 1 aromatic heterocycles. The number of nitrogens with one attached hydrogen (secondary N) is 1. The van der Waals surface area contributed by atoms with Crippen molar-refractivity contribution in [2.45, 2.75) is 19.5 Å². The quantitative estimate of drug-likeness (QED) is 0.749. The highest BCUT2D eigenvalue weighted by atomic mass is 16.5. The molecular weight excluding hydrogens is 312 g/mol. The summed E-state index contributed by atoms with van der Waals surface area (Å²) in [5.74, 6) is 0.783. The number of nitrogens with zero attached hydrogens (tertiary/aromatic N) is 3. The molecule has 0 fully saturated rings. The van der Waals surface area contributed by atoms with Crippen LogP contribution in [0.1, 0.15) is 29.7 Å². The van der Waals surface area contributed by atoms with Crippen molar-refractivity contribution >= 4 is 0 Å². The first-order valence-electron chi connectivity index (χ1n) is 8.10. The summed E-state index contributed by atoms with van der Waals surface area (Å²) in [6, 6.07) is 16.1. The fourth-order valence-electron chi connectivity index (χ4n) is 2.73. The second-order valence-electron chi connectivity index (χ2n) is 5.81. The Hall–Kier alpha value is -3.10. The van der Waals surface area contributed by atoms with Gasteiger partial charge in [0.2, 0.25) is 0 Å². The largest absolute Gasteiger partial charge is 0.496 e. The number of hydrogen-bond acceptors (Lipinski definition) is 4. The van der Waals surface area contributed by atoms with Crippen LogP contribution in [0.2, 0.25) is 0 Å². The van der Waals surface area contributed by atoms with Crippen LogP contribution in [0.25, 0.3) is 5.69 Å². The van der Waals surface area contributed by atoms with Crippen molar-refractivity contribution < 1.29 is 4.74 Å². The van der Waals surface area contributed by atoms with Gasteiger partial charge in [0, 0.05) is 36.2 Å². The van der Waals surface area contributed by atoms with E-state index in [0.29, 0.717) is 12.1 Å². The molecule has 5 nitrogen and oxygen atoms in total. The molecule has 126 valence electrons. The molecule has 0 unspecified atom stereocenters. The van der Waals surface area contributed by atoms with Crippen LogP contribution < -0.4 is 10.1 Å². The molecule has 0 saturated carbocycles.